The monoisotopic (exact) mass is 314 g/mol. The normalized spacial score (nSPS) is 16.0. The fraction of sp³-hybridized carbons (Fsp3) is 0.467. The number of amides is 1. The summed E-state index contributed by atoms with van der Waals surface area (Å²) in [7, 11) is 0. The third-order valence-corrected chi connectivity index (χ3v) is 3.51. The van der Waals surface area contributed by atoms with Crippen molar-refractivity contribution in [3.8, 4) is 0 Å². The lowest BCUT2D eigenvalue weighted by atomic mass is 9.95. The molecule has 4 nitrogen and oxygen atoms in total. The molecule has 0 saturated carbocycles. The molecule has 1 N–H and O–H groups in total. The summed E-state index contributed by atoms with van der Waals surface area (Å²) in [5.74, 6) is -1.06. The molecule has 6 heteroatoms. The number of benzene rings is 1. The van der Waals surface area contributed by atoms with Crippen LogP contribution in [0.5, 0.6) is 0 Å². The minimum absolute atomic E-state index is 0. The van der Waals surface area contributed by atoms with Crippen LogP contribution < -0.4 is 5.32 Å². The Balaban J connectivity index is 0.00000220. The number of carbonyl (C=O) groups excluding carboxylic acids is 2. The summed E-state index contributed by atoms with van der Waals surface area (Å²) in [6, 6.07) is 5.60. The van der Waals surface area contributed by atoms with Gasteiger partial charge in [0.25, 0.3) is 0 Å². The van der Waals surface area contributed by atoms with E-state index in [9.17, 15) is 14.0 Å². The van der Waals surface area contributed by atoms with Crippen molar-refractivity contribution in [2.75, 3.05) is 26.2 Å². The van der Waals surface area contributed by atoms with Crippen LogP contribution in [-0.4, -0.2) is 42.8 Å². The van der Waals surface area contributed by atoms with Crippen LogP contribution in [0.4, 0.5) is 4.39 Å². The van der Waals surface area contributed by atoms with Crippen molar-refractivity contribution in [2.24, 2.45) is 5.92 Å². The van der Waals surface area contributed by atoms with Crippen LogP contribution in [0.3, 0.4) is 0 Å². The van der Waals surface area contributed by atoms with Gasteiger partial charge >= 0.3 is 0 Å². The van der Waals surface area contributed by atoms with Crippen LogP contribution in [0, 0.1) is 11.7 Å². The molecule has 116 valence electrons. The lowest BCUT2D eigenvalue weighted by molar-refractivity contribution is -0.132. The second-order valence-electron chi connectivity index (χ2n) is 5.11. The summed E-state index contributed by atoms with van der Waals surface area (Å²) < 4.78 is 13.1. The molecule has 1 unspecified atom stereocenters. The molecule has 0 bridgehead atoms. The summed E-state index contributed by atoms with van der Waals surface area (Å²) in [6.45, 7) is 4.66. The second-order valence-corrected chi connectivity index (χ2v) is 5.11. The van der Waals surface area contributed by atoms with Crippen LogP contribution in [0.2, 0.25) is 0 Å². The summed E-state index contributed by atoms with van der Waals surface area (Å²) in [5, 5.41) is 3.18. The Morgan fingerprint density at radius 3 is 2.62 bits per heavy atom. The van der Waals surface area contributed by atoms with Crippen molar-refractivity contribution in [1.29, 1.82) is 0 Å². The van der Waals surface area contributed by atoms with Gasteiger partial charge in [-0.25, -0.2) is 4.39 Å². The zero-order valence-electron chi connectivity index (χ0n) is 12.0. The topological polar surface area (TPSA) is 49.4 Å². The quantitative estimate of drug-likeness (QED) is 0.863. The molecular formula is C15H20ClFN2O2. The van der Waals surface area contributed by atoms with E-state index in [1.165, 1.54) is 18.2 Å². The molecule has 1 aliphatic rings. The highest BCUT2D eigenvalue weighted by Gasteiger charge is 2.23. The molecule has 0 radical (unpaired) electrons. The van der Waals surface area contributed by atoms with Gasteiger partial charge in [0.15, 0.2) is 5.78 Å². The molecule has 0 aliphatic carbocycles. The molecule has 1 fully saturated rings. The number of ketones is 1. The van der Waals surface area contributed by atoms with Crippen molar-refractivity contribution in [2.45, 2.75) is 13.3 Å². The van der Waals surface area contributed by atoms with Crippen LogP contribution in [-0.2, 0) is 4.79 Å². The number of rotatable bonds is 4. The highest BCUT2D eigenvalue weighted by molar-refractivity contribution is 5.99. The molecule has 1 saturated heterocycles. The predicted molar refractivity (Wildman–Crippen MR) is 81.2 cm³/mol. The molecule has 1 heterocycles. The van der Waals surface area contributed by atoms with Crippen molar-refractivity contribution in [3.05, 3.63) is 35.6 Å². The smallest absolute Gasteiger partial charge is 0.223 e. The van der Waals surface area contributed by atoms with E-state index < -0.39 is 11.7 Å². The van der Waals surface area contributed by atoms with Crippen LogP contribution in [0.15, 0.2) is 24.3 Å². The molecule has 1 aromatic carbocycles. The lowest BCUT2D eigenvalue weighted by Gasteiger charge is -2.28. The number of nitrogens with zero attached hydrogens (tertiary/aromatic N) is 1. The highest BCUT2D eigenvalue weighted by Crippen LogP contribution is 2.15. The number of nitrogens with one attached hydrogen (secondary N) is 1. The number of carbonyl (C=O) groups is 2. The maximum absolute atomic E-state index is 13.1. The number of piperazine rings is 1. The van der Waals surface area contributed by atoms with E-state index in [0.717, 1.165) is 13.1 Å². The Kier molecular flexibility index (Phi) is 6.78. The van der Waals surface area contributed by atoms with Gasteiger partial charge in [0.1, 0.15) is 5.82 Å². The first-order chi connectivity index (χ1) is 9.58. The molecule has 0 spiro atoms. The first-order valence-electron chi connectivity index (χ1n) is 6.86. The molecule has 0 aromatic heterocycles. The van der Waals surface area contributed by atoms with Gasteiger partial charge in [-0.1, -0.05) is 19.1 Å². The summed E-state index contributed by atoms with van der Waals surface area (Å²) >= 11 is 0. The Bertz CT molecular complexity index is 504. The van der Waals surface area contributed by atoms with Gasteiger partial charge in [0.2, 0.25) is 5.91 Å². The Morgan fingerprint density at radius 1 is 1.33 bits per heavy atom. The van der Waals surface area contributed by atoms with Crippen molar-refractivity contribution in [1.82, 2.24) is 10.2 Å². The van der Waals surface area contributed by atoms with E-state index in [-0.39, 0.29) is 30.5 Å². The van der Waals surface area contributed by atoms with E-state index >= 15 is 0 Å². The van der Waals surface area contributed by atoms with Crippen molar-refractivity contribution in [3.63, 3.8) is 0 Å². The van der Waals surface area contributed by atoms with Crippen molar-refractivity contribution >= 4 is 24.1 Å². The largest absolute Gasteiger partial charge is 0.340 e. The summed E-state index contributed by atoms with van der Waals surface area (Å²) in [4.78, 5) is 26.0. The first-order valence-corrected chi connectivity index (χ1v) is 6.86. The Labute approximate surface area is 130 Å². The minimum atomic E-state index is -0.434. The maximum atomic E-state index is 13.1. The SMILES string of the molecule is CC(CC(=O)N1CCNCC1)C(=O)c1cccc(F)c1.Cl. The van der Waals surface area contributed by atoms with Crippen molar-refractivity contribution < 1.29 is 14.0 Å². The Hall–Kier alpha value is -1.46. The van der Waals surface area contributed by atoms with Gasteiger partial charge in [-0.15, -0.1) is 12.4 Å². The van der Waals surface area contributed by atoms with E-state index in [1.54, 1.807) is 17.9 Å². The van der Waals surface area contributed by atoms with Gasteiger partial charge < -0.3 is 10.2 Å². The van der Waals surface area contributed by atoms with Gasteiger partial charge in [0.05, 0.1) is 0 Å². The zero-order valence-corrected chi connectivity index (χ0v) is 12.8. The summed E-state index contributed by atoms with van der Waals surface area (Å²) in [5.41, 5.74) is 0.325. The average molecular weight is 315 g/mol. The number of hydrogen-bond acceptors (Lipinski definition) is 3. The molecule has 21 heavy (non-hydrogen) atoms. The third-order valence-electron chi connectivity index (χ3n) is 3.51. The second kappa shape index (κ2) is 8.10. The van der Waals surface area contributed by atoms with E-state index in [4.69, 9.17) is 0 Å². The first kappa shape index (κ1) is 17.6. The molecule has 1 amide bonds. The molecular weight excluding hydrogens is 295 g/mol. The molecule has 1 aliphatic heterocycles. The van der Waals surface area contributed by atoms with Gasteiger partial charge in [-0.05, 0) is 12.1 Å². The molecule has 1 aromatic rings. The number of halogens is 2. The van der Waals surface area contributed by atoms with E-state index in [1.807, 2.05) is 0 Å². The third kappa shape index (κ3) is 4.79. The van der Waals surface area contributed by atoms with E-state index in [2.05, 4.69) is 5.32 Å². The molecule has 1 atom stereocenters. The zero-order chi connectivity index (χ0) is 14.5. The van der Waals surface area contributed by atoms with Crippen LogP contribution >= 0.6 is 12.4 Å². The van der Waals surface area contributed by atoms with Gasteiger partial charge in [-0.2, -0.15) is 0 Å². The summed E-state index contributed by atoms with van der Waals surface area (Å²) in [6.07, 6.45) is 0.176. The van der Waals surface area contributed by atoms with Crippen LogP contribution in [0.1, 0.15) is 23.7 Å². The lowest BCUT2D eigenvalue weighted by Crippen LogP contribution is -2.47. The fourth-order valence-corrected chi connectivity index (χ4v) is 2.32. The fourth-order valence-electron chi connectivity index (χ4n) is 2.32. The number of Topliss-reactive ketones (excluding diaryl/α,β-unsaturated/α-hetero) is 1. The minimum Gasteiger partial charge on any atom is -0.340 e. The number of hydrogen-bond donors (Lipinski definition) is 1. The maximum Gasteiger partial charge on any atom is 0.223 e. The Morgan fingerprint density at radius 2 is 2.00 bits per heavy atom. The van der Waals surface area contributed by atoms with Crippen LogP contribution in [0.25, 0.3) is 0 Å². The van der Waals surface area contributed by atoms with Gasteiger partial charge in [0, 0.05) is 44.1 Å². The van der Waals surface area contributed by atoms with E-state index in [0.29, 0.717) is 18.7 Å². The standard InChI is InChI=1S/C15H19FN2O2.ClH/c1-11(9-14(19)18-7-5-17-6-8-18)15(20)12-3-2-4-13(16)10-12;/h2-4,10-11,17H,5-9H2,1H3;1H. The predicted octanol–water partition coefficient (Wildman–Crippen LogP) is 1.89. The highest BCUT2D eigenvalue weighted by atomic mass is 35.5. The molecule has 2 rings (SSSR count). The average Bonchev–Trinajstić information content (AvgIpc) is 2.47. The van der Waals surface area contributed by atoms with Gasteiger partial charge in [-0.3, -0.25) is 9.59 Å².